The minimum atomic E-state index is -2.19. The van der Waals surface area contributed by atoms with E-state index in [1.807, 2.05) is 0 Å². The first kappa shape index (κ1) is 49.5. The molecule has 0 saturated carbocycles. The maximum absolute atomic E-state index is 12.9. The molecule has 0 radical (unpaired) electrons. The Morgan fingerprint density at radius 2 is 0.983 bits per heavy atom. The normalized spacial score (nSPS) is 50.9. The number of amides is 1. The standard InChI is InChI=1S/C33H58N2O25/c1-7(34)28(50)35-13-26(25(11(5-38)54-29(13)51)58-32-23(48)20(45)16(41)10(4-37)56-32)59-33-24(49)27(60-31-22(47)18(43)14(39)8(2)53-31)17(42)12(57-33)6-52-30-21(46)19(44)15(40)9(3-36)55-30/h7-27,29-33,36-49,51H,3-6,34H2,1-2H3,(H,35,50)/t7-,8-,9+,10+,11+,12+,13+,14-,15+,16+,17+,18+,19-,20-,21+,22+,23+,24+,25-,26+,27-,29-,30-,31-,32+,33-/m0/s1. The molecule has 60 heavy (non-hydrogen) atoms. The second kappa shape index (κ2) is 21.0. The van der Waals surface area contributed by atoms with Gasteiger partial charge in [-0.15, -0.1) is 0 Å². The zero-order valence-corrected chi connectivity index (χ0v) is 32.2. The molecule has 350 valence electrons. The van der Waals surface area contributed by atoms with Gasteiger partial charge in [0.25, 0.3) is 0 Å². The van der Waals surface area contributed by atoms with Crippen molar-refractivity contribution < 1.29 is 124 Å². The van der Waals surface area contributed by atoms with Gasteiger partial charge in [-0.2, -0.15) is 0 Å². The highest BCUT2D eigenvalue weighted by atomic mass is 16.8. The van der Waals surface area contributed by atoms with Crippen molar-refractivity contribution in [2.24, 2.45) is 5.73 Å². The summed E-state index contributed by atoms with van der Waals surface area (Å²) in [5, 5.41) is 160. The number of hydrogen-bond donors (Lipinski definition) is 17. The van der Waals surface area contributed by atoms with Crippen LogP contribution in [0.25, 0.3) is 0 Å². The average Bonchev–Trinajstić information content (AvgIpc) is 3.22. The van der Waals surface area contributed by atoms with Gasteiger partial charge in [0.1, 0.15) is 116 Å². The first-order valence-electron chi connectivity index (χ1n) is 19.2. The monoisotopic (exact) mass is 882 g/mol. The summed E-state index contributed by atoms with van der Waals surface area (Å²) in [6.45, 7) is -0.940. The third-order valence-corrected chi connectivity index (χ3v) is 11.0. The van der Waals surface area contributed by atoms with Crippen molar-refractivity contribution in [1.29, 1.82) is 0 Å². The van der Waals surface area contributed by atoms with Crippen molar-refractivity contribution >= 4 is 5.91 Å². The zero-order valence-electron chi connectivity index (χ0n) is 32.2. The fourth-order valence-electron chi connectivity index (χ4n) is 7.32. The number of aliphatic hydroxyl groups excluding tert-OH is 15. The number of nitrogens with one attached hydrogen (secondary N) is 1. The summed E-state index contributed by atoms with van der Waals surface area (Å²) in [5.74, 6) is -0.920. The first-order chi connectivity index (χ1) is 28.2. The molecular formula is C33H58N2O25. The summed E-state index contributed by atoms with van der Waals surface area (Å²) in [7, 11) is 0. The highest BCUT2D eigenvalue weighted by Crippen LogP contribution is 2.35. The van der Waals surface area contributed by atoms with Crippen LogP contribution in [0.15, 0.2) is 0 Å². The van der Waals surface area contributed by atoms with Gasteiger partial charge in [-0.05, 0) is 13.8 Å². The summed E-state index contributed by atoms with van der Waals surface area (Å²) < 4.78 is 51.1. The molecule has 5 aliphatic heterocycles. The lowest BCUT2D eigenvalue weighted by molar-refractivity contribution is -0.387. The summed E-state index contributed by atoms with van der Waals surface area (Å²) in [6.07, 6.45) is -44.0. The van der Waals surface area contributed by atoms with Crippen LogP contribution in [-0.2, 0) is 47.4 Å². The van der Waals surface area contributed by atoms with Gasteiger partial charge in [-0.25, -0.2) is 0 Å². The van der Waals surface area contributed by atoms with Crippen LogP contribution in [0.4, 0.5) is 0 Å². The molecule has 0 spiro atoms. The number of nitrogens with two attached hydrogens (primary N) is 1. The molecule has 5 fully saturated rings. The molecule has 1 amide bonds. The topological polar surface area (TPSA) is 442 Å². The van der Waals surface area contributed by atoms with Gasteiger partial charge in [0, 0.05) is 0 Å². The van der Waals surface area contributed by atoms with Gasteiger partial charge >= 0.3 is 0 Å². The predicted molar refractivity (Wildman–Crippen MR) is 185 cm³/mol. The Morgan fingerprint density at radius 1 is 0.533 bits per heavy atom. The van der Waals surface area contributed by atoms with Gasteiger partial charge in [0.15, 0.2) is 31.5 Å². The smallest absolute Gasteiger partial charge is 0.237 e. The number of rotatable bonds is 14. The van der Waals surface area contributed by atoms with Crippen molar-refractivity contribution in [1.82, 2.24) is 5.32 Å². The van der Waals surface area contributed by atoms with Gasteiger partial charge in [0.2, 0.25) is 5.91 Å². The molecule has 0 aromatic heterocycles. The molecule has 27 heteroatoms. The predicted octanol–water partition coefficient (Wildman–Crippen LogP) is -11.4. The van der Waals surface area contributed by atoms with E-state index in [0.29, 0.717) is 0 Å². The summed E-state index contributed by atoms with van der Waals surface area (Å²) in [4.78, 5) is 12.9. The summed E-state index contributed by atoms with van der Waals surface area (Å²) in [5.41, 5.74) is 5.75. The molecule has 0 unspecified atom stereocenters. The highest BCUT2D eigenvalue weighted by Gasteiger charge is 2.56. The fourth-order valence-corrected chi connectivity index (χ4v) is 7.32. The van der Waals surface area contributed by atoms with Gasteiger partial charge < -0.3 is 130 Å². The Labute approximate surface area is 340 Å². The average molecular weight is 883 g/mol. The summed E-state index contributed by atoms with van der Waals surface area (Å²) in [6, 6.07) is -3.00. The van der Waals surface area contributed by atoms with Crippen LogP contribution in [0.1, 0.15) is 13.8 Å². The Kier molecular flexibility index (Phi) is 17.3. The minimum absolute atomic E-state index is 0.827. The van der Waals surface area contributed by atoms with Crippen LogP contribution in [0.5, 0.6) is 0 Å². The van der Waals surface area contributed by atoms with E-state index in [0.717, 1.165) is 0 Å². The molecule has 5 saturated heterocycles. The number of hydrogen-bond acceptors (Lipinski definition) is 26. The molecule has 0 aromatic rings. The van der Waals surface area contributed by atoms with E-state index in [1.165, 1.54) is 13.8 Å². The van der Waals surface area contributed by atoms with Crippen LogP contribution in [0.2, 0.25) is 0 Å². The molecule has 26 atom stereocenters. The quantitative estimate of drug-likeness (QED) is 0.0770. The first-order valence-corrected chi connectivity index (χ1v) is 19.2. The molecular weight excluding hydrogens is 824 g/mol. The Bertz CT molecular complexity index is 1360. The van der Waals surface area contributed by atoms with Gasteiger partial charge in [-0.3, -0.25) is 4.79 Å². The largest absolute Gasteiger partial charge is 0.394 e. The zero-order chi connectivity index (χ0) is 44.5. The van der Waals surface area contributed by atoms with Crippen molar-refractivity contribution in [3.8, 4) is 0 Å². The second-order valence-electron chi connectivity index (χ2n) is 15.3. The van der Waals surface area contributed by atoms with Crippen LogP contribution in [0, 0.1) is 0 Å². The maximum Gasteiger partial charge on any atom is 0.237 e. The number of ether oxygens (including phenoxy) is 9. The van der Waals surface area contributed by atoms with Gasteiger partial charge in [-0.1, -0.05) is 0 Å². The fraction of sp³-hybridized carbons (Fsp3) is 0.970. The lowest BCUT2D eigenvalue weighted by Gasteiger charge is -2.50. The van der Waals surface area contributed by atoms with Crippen LogP contribution in [0.3, 0.4) is 0 Å². The van der Waals surface area contributed by atoms with Crippen molar-refractivity contribution in [3.05, 3.63) is 0 Å². The Hall–Kier alpha value is -1.53. The molecule has 18 N–H and O–H groups in total. The Balaban J connectivity index is 1.50. The maximum atomic E-state index is 12.9. The van der Waals surface area contributed by atoms with E-state index in [2.05, 4.69) is 5.32 Å². The number of carbonyl (C=O) groups is 1. The van der Waals surface area contributed by atoms with Crippen LogP contribution >= 0.6 is 0 Å². The van der Waals surface area contributed by atoms with Crippen molar-refractivity contribution in [3.63, 3.8) is 0 Å². The molecule has 27 nitrogen and oxygen atoms in total. The van der Waals surface area contributed by atoms with Crippen molar-refractivity contribution in [2.75, 3.05) is 26.4 Å². The molecule has 0 aliphatic carbocycles. The molecule has 0 aromatic carbocycles. The third kappa shape index (κ3) is 10.4. The molecule has 5 heterocycles. The van der Waals surface area contributed by atoms with E-state index in [4.69, 9.17) is 48.4 Å². The molecule has 5 aliphatic rings. The van der Waals surface area contributed by atoms with Crippen molar-refractivity contribution in [2.45, 2.75) is 173 Å². The van der Waals surface area contributed by atoms with Gasteiger partial charge in [0.05, 0.1) is 38.6 Å². The minimum Gasteiger partial charge on any atom is -0.394 e. The molecule has 0 bridgehead atoms. The Morgan fingerprint density at radius 3 is 1.53 bits per heavy atom. The van der Waals surface area contributed by atoms with Crippen LogP contribution in [-0.4, -0.2) is 268 Å². The highest BCUT2D eigenvalue weighted by molar-refractivity contribution is 5.81. The number of carbonyl (C=O) groups excluding carboxylic acids is 1. The van der Waals surface area contributed by atoms with E-state index in [-0.39, 0.29) is 0 Å². The van der Waals surface area contributed by atoms with Crippen LogP contribution < -0.4 is 11.1 Å². The lowest BCUT2D eigenvalue weighted by atomic mass is 9.94. The second-order valence-corrected chi connectivity index (χ2v) is 15.3. The molecule has 5 rings (SSSR count). The van der Waals surface area contributed by atoms with E-state index in [1.54, 1.807) is 0 Å². The third-order valence-electron chi connectivity index (χ3n) is 11.0. The SMILES string of the molecule is C[C@H](N)C(=O)N[C@@H]1[C@@H](O[C@@H]2O[C@H](CO[C@H]3O[C@H](CO)[C@@H](O)[C@H](O)[C@H]3O)[C@@H](O)[C@H](O[C@@H]3O[C@@H](C)[C@H](O)[C@@H](O)[C@H]3O)[C@H]2O)[C@@H](O[C@H]2O[C@H](CO)[C@@H](O)[C@H](O)[C@H]2O)[C@@H](CO)O[C@@H]1O. The number of aliphatic hydroxyl groups is 15. The summed E-state index contributed by atoms with van der Waals surface area (Å²) >= 11 is 0. The van der Waals surface area contributed by atoms with E-state index < -0.39 is 192 Å². The van der Waals surface area contributed by atoms with E-state index >= 15 is 0 Å². The lowest BCUT2D eigenvalue weighted by Crippen LogP contribution is -2.70. The van der Waals surface area contributed by atoms with E-state index in [9.17, 15) is 81.4 Å².